The molecule has 0 spiro atoms. The highest BCUT2D eigenvalue weighted by Crippen LogP contribution is 2.32. The van der Waals surface area contributed by atoms with Gasteiger partial charge in [0.1, 0.15) is 5.75 Å². The van der Waals surface area contributed by atoms with E-state index in [9.17, 15) is 4.39 Å². The van der Waals surface area contributed by atoms with Gasteiger partial charge in [-0.05, 0) is 49.1 Å². The number of hydrogen-bond donors (Lipinski definition) is 1. The van der Waals surface area contributed by atoms with Crippen LogP contribution in [0.5, 0.6) is 5.75 Å². The lowest BCUT2D eigenvalue weighted by Crippen LogP contribution is -2.24. The molecule has 2 nitrogen and oxygen atoms in total. The average molecular weight is 251 g/mol. The van der Waals surface area contributed by atoms with Crippen molar-refractivity contribution in [2.75, 3.05) is 19.8 Å². The first kappa shape index (κ1) is 13.3. The summed E-state index contributed by atoms with van der Waals surface area (Å²) in [5, 5.41) is 3.52. The van der Waals surface area contributed by atoms with Crippen LogP contribution < -0.4 is 10.1 Å². The third kappa shape index (κ3) is 3.22. The molecule has 1 atom stereocenters. The van der Waals surface area contributed by atoms with Crippen LogP contribution in [-0.2, 0) is 6.42 Å². The average Bonchev–Trinajstić information content (AvgIpc) is 2.40. The van der Waals surface area contributed by atoms with Crippen molar-refractivity contribution in [2.24, 2.45) is 0 Å². The maximum absolute atomic E-state index is 12.0. The largest absolute Gasteiger partial charge is 0.493 e. The van der Waals surface area contributed by atoms with E-state index in [1.807, 2.05) is 6.07 Å². The first-order chi connectivity index (χ1) is 8.85. The van der Waals surface area contributed by atoms with Gasteiger partial charge >= 0.3 is 0 Å². The molecule has 0 saturated heterocycles. The number of halogens is 1. The second kappa shape index (κ2) is 6.74. The Balaban J connectivity index is 2.09. The number of fused-ring (bicyclic) bond motifs is 1. The summed E-state index contributed by atoms with van der Waals surface area (Å²) in [7, 11) is 0. The molecular weight excluding hydrogens is 229 g/mol. The molecule has 0 amide bonds. The molecule has 1 aromatic rings. The van der Waals surface area contributed by atoms with E-state index >= 15 is 0 Å². The molecule has 1 aliphatic rings. The zero-order chi connectivity index (χ0) is 12.8. The molecule has 100 valence electrons. The highest BCUT2D eigenvalue weighted by Gasteiger charge is 2.19. The quantitative estimate of drug-likeness (QED) is 0.782. The van der Waals surface area contributed by atoms with Crippen LogP contribution >= 0.6 is 0 Å². The summed E-state index contributed by atoms with van der Waals surface area (Å²) in [5.74, 6) is 0.868. The molecule has 2 rings (SSSR count). The maximum atomic E-state index is 12.0. The summed E-state index contributed by atoms with van der Waals surface area (Å²) in [6.07, 6.45) is 4.05. The summed E-state index contributed by atoms with van der Waals surface area (Å²) in [4.78, 5) is 0. The topological polar surface area (TPSA) is 21.3 Å². The fourth-order valence-corrected chi connectivity index (χ4v) is 2.57. The lowest BCUT2D eigenvalue weighted by atomic mass is 9.87. The van der Waals surface area contributed by atoms with Gasteiger partial charge in [-0.1, -0.05) is 13.0 Å². The molecule has 0 fully saturated rings. The normalized spacial score (nSPS) is 18.4. The molecule has 3 heteroatoms. The Labute approximate surface area is 109 Å². The van der Waals surface area contributed by atoms with Gasteiger partial charge in [0, 0.05) is 12.5 Å². The van der Waals surface area contributed by atoms with Crippen LogP contribution in [-0.4, -0.2) is 19.8 Å². The molecule has 0 saturated carbocycles. The predicted molar refractivity (Wildman–Crippen MR) is 71.9 cm³/mol. The minimum absolute atomic E-state index is 0.315. The lowest BCUT2D eigenvalue weighted by Gasteiger charge is -2.26. The van der Waals surface area contributed by atoms with E-state index in [2.05, 4.69) is 24.4 Å². The van der Waals surface area contributed by atoms with E-state index in [0.717, 1.165) is 18.7 Å². The van der Waals surface area contributed by atoms with Crippen molar-refractivity contribution in [1.82, 2.24) is 5.32 Å². The molecule has 1 aromatic carbocycles. The Hall–Kier alpha value is -1.09. The number of aryl methyl sites for hydroxylation is 1. The van der Waals surface area contributed by atoms with Crippen LogP contribution in [0.1, 0.15) is 43.4 Å². The minimum atomic E-state index is -0.315. The number of alkyl halides is 1. The number of hydrogen-bond acceptors (Lipinski definition) is 2. The predicted octanol–water partition coefficient (Wildman–Crippen LogP) is 3.41. The Morgan fingerprint density at radius 3 is 3.11 bits per heavy atom. The second-order valence-electron chi connectivity index (χ2n) is 4.75. The van der Waals surface area contributed by atoms with Gasteiger partial charge in [0.2, 0.25) is 0 Å². The molecule has 18 heavy (non-hydrogen) atoms. The SMILES string of the molecule is CCNC1CCCc2ccc(OCCCF)cc21. The number of nitrogens with one attached hydrogen (secondary N) is 1. The van der Waals surface area contributed by atoms with E-state index in [0.29, 0.717) is 19.1 Å². The third-order valence-corrected chi connectivity index (χ3v) is 3.43. The number of benzene rings is 1. The molecule has 1 aliphatic carbocycles. The summed E-state index contributed by atoms with van der Waals surface area (Å²) >= 11 is 0. The van der Waals surface area contributed by atoms with Gasteiger partial charge in [-0.15, -0.1) is 0 Å². The molecule has 1 N–H and O–H groups in total. The minimum Gasteiger partial charge on any atom is -0.493 e. The van der Waals surface area contributed by atoms with Crippen molar-refractivity contribution in [3.8, 4) is 5.75 Å². The van der Waals surface area contributed by atoms with Crippen molar-refractivity contribution in [1.29, 1.82) is 0 Å². The van der Waals surface area contributed by atoms with Gasteiger partial charge in [0.25, 0.3) is 0 Å². The van der Waals surface area contributed by atoms with Crippen molar-refractivity contribution in [3.05, 3.63) is 29.3 Å². The summed E-state index contributed by atoms with van der Waals surface area (Å²) in [6.45, 7) is 3.26. The van der Waals surface area contributed by atoms with Gasteiger partial charge in [0.15, 0.2) is 0 Å². The Bertz CT molecular complexity index is 381. The van der Waals surface area contributed by atoms with Crippen molar-refractivity contribution >= 4 is 0 Å². The zero-order valence-electron chi connectivity index (χ0n) is 11.0. The molecule has 0 aromatic heterocycles. The fraction of sp³-hybridized carbons (Fsp3) is 0.600. The van der Waals surface area contributed by atoms with E-state index in [1.54, 1.807) is 0 Å². The Morgan fingerprint density at radius 1 is 1.44 bits per heavy atom. The molecule has 0 radical (unpaired) electrons. The second-order valence-corrected chi connectivity index (χ2v) is 4.75. The van der Waals surface area contributed by atoms with Crippen LogP contribution in [0.15, 0.2) is 18.2 Å². The van der Waals surface area contributed by atoms with Gasteiger partial charge in [-0.25, -0.2) is 0 Å². The highest BCUT2D eigenvalue weighted by molar-refractivity contribution is 5.39. The summed E-state index contributed by atoms with van der Waals surface area (Å²) in [6, 6.07) is 6.73. The maximum Gasteiger partial charge on any atom is 0.119 e. The highest BCUT2D eigenvalue weighted by atomic mass is 19.1. The van der Waals surface area contributed by atoms with Gasteiger partial charge in [0.05, 0.1) is 13.3 Å². The molecule has 1 unspecified atom stereocenters. The third-order valence-electron chi connectivity index (χ3n) is 3.43. The Morgan fingerprint density at radius 2 is 2.33 bits per heavy atom. The smallest absolute Gasteiger partial charge is 0.119 e. The van der Waals surface area contributed by atoms with E-state index in [-0.39, 0.29) is 6.67 Å². The van der Waals surface area contributed by atoms with Crippen molar-refractivity contribution in [3.63, 3.8) is 0 Å². The molecule has 0 bridgehead atoms. The standard InChI is InChI=1S/C15H22FNO/c1-2-17-15-6-3-5-12-7-8-13(11-14(12)15)18-10-4-9-16/h7-8,11,15,17H,2-6,9-10H2,1H3. The molecule has 0 aliphatic heterocycles. The van der Waals surface area contributed by atoms with Gasteiger partial charge in [-0.2, -0.15) is 0 Å². The lowest BCUT2D eigenvalue weighted by molar-refractivity contribution is 0.289. The summed E-state index contributed by atoms with van der Waals surface area (Å²) in [5.41, 5.74) is 2.78. The van der Waals surface area contributed by atoms with Crippen LogP contribution in [0.25, 0.3) is 0 Å². The van der Waals surface area contributed by atoms with Crippen molar-refractivity contribution < 1.29 is 9.13 Å². The number of rotatable bonds is 6. The number of ether oxygens (including phenoxy) is 1. The van der Waals surface area contributed by atoms with E-state index in [1.165, 1.54) is 24.0 Å². The first-order valence-corrected chi connectivity index (χ1v) is 6.90. The van der Waals surface area contributed by atoms with E-state index < -0.39 is 0 Å². The van der Waals surface area contributed by atoms with Crippen LogP contribution in [0, 0.1) is 0 Å². The monoisotopic (exact) mass is 251 g/mol. The van der Waals surface area contributed by atoms with Crippen LogP contribution in [0.2, 0.25) is 0 Å². The molecule has 0 heterocycles. The Kier molecular flexibility index (Phi) is 5.00. The van der Waals surface area contributed by atoms with E-state index in [4.69, 9.17) is 4.74 Å². The first-order valence-electron chi connectivity index (χ1n) is 6.90. The summed E-state index contributed by atoms with van der Waals surface area (Å²) < 4.78 is 17.6. The van der Waals surface area contributed by atoms with Gasteiger partial charge in [-0.3, -0.25) is 4.39 Å². The van der Waals surface area contributed by atoms with Crippen LogP contribution in [0.4, 0.5) is 4.39 Å². The van der Waals surface area contributed by atoms with Crippen molar-refractivity contribution in [2.45, 2.75) is 38.6 Å². The van der Waals surface area contributed by atoms with Crippen LogP contribution in [0.3, 0.4) is 0 Å². The molecular formula is C15H22FNO. The van der Waals surface area contributed by atoms with Gasteiger partial charge < -0.3 is 10.1 Å². The zero-order valence-corrected chi connectivity index (χ0v) is 11.0. The fourth-order valence-electron chi connectivity index (χ4n) is 2.57.